The smallest absolute Gasteiger partial charge is 0.261 e. The highest BCUT2D eigenvalue weighted by Gasteiger charge is 2.29. The maximum Gasteiger partial charge on any atom is 0.261 e. The Hall–Kier alpha value is -3.39. The maximum absolute atomic E-state index is 13.1. The van der Waals surface area contributed by atoms with Crippen molar-refractivity contribution in [2.75, 3.05) is 13.1 Å². The molecule has 9 heteroatoms. The van der Waals surface area contributed by atoms with Crippen LogP contribution in [0.15, 0.2) is 82.8 Å². The molecule has 1 aliphatic rings. The molecule has 0 aliphatic carbocycles. The first kappa shape index (κ1) is 27.2. The molecule has 1 unspecified atom stereocenters. The minimum absolute atomic E-state index is 0.106. The van der Waals surface area contributed by atoms with Gasteiger partial charge in [-0.2, -0.15) is 0 Å². The molecule has 2 heterocycles. The molecule has 3 N–H and O–H groups in total. The molecule has 4 aromatic rings. The lowest BCUT2D eigenvalue weighted by Gasteiger charge is -2.41. The second kappa shape index (κ2) is 12.2. The average Bonchev–Trinajstić information content (AvgIpc) is 2.93. The lowest BCUT2D eigenvalue weighted by atomic mass is 9.97. The van der Waals surface area contributed by atoms with E-state index in [-0.39, 0.29) is 17.6 Å². The highest BCUT2D eigenvalue weighted by atomic mass is 35.5. The van der Waals surface area contributed by atoms with Gasteiger partial charge in [0, 0.05) is 41.8 Å². The van der Waals surface area contributed by atoms with Crippen molar-refractivity contribution in [2.45, 2.75) is 44.8 Å². The van der Waals surface area contributed by atoms with Crippen molar-refractivity contribution in [2.24, 2.45) is 10.7 Å². The van der Waals surface area contributed by atoms with E-state index >= 15 is 0 Å². The molecule has 5 rings (SSSR count). The third-order valence-corrected chi connectivity index (χ3v) is 7.94. The number of aliphatic imine (C=N–C) groups is 1. The van der Waals surface area contributed by atoms with Gasteiger partial charge in [0.1, 0.15) is 0 Å². The lowest BCUT2D eigenvalue weighted by molar-refractivity contribution is 0.195. The fourth-order valence-electron chi connectivity index (χ4n) is 5.17. The highest BCUT2D eigenvalue weighted by molar-refractivity contribution is 6.35. The number of nitrogens with two attached hydrogens (primary N) is 1. The van der Waals surface area contributed by atoms with Crippen LogP contribution in [0, 0.1) is 0 Å². The maximum atomic E-state index is 13.1. The molecule has 7 nitrogen and oxygen atoms in total. The van der Waals surface area contributed by atoms with Gasteiger partial charge >= 0.3 is 0 Å². The zero-order chi connectivity index (χ0) is 27.4. The third-order valence-electron chi connectivity index (χ3n) is 7.35. The van der Waals surface area contributed by atoms with Crippen molar-refractivity contribution in [1.82, 2.24) is 19.8 Å². The first-order valence-electron chi connectivity index (χ1n) is 13.2. The van der Waals surface area contributed by atoms with Gasteiger partial charge in [0.2, 0.25) is 0 Å². The summed E-state index contributed by atoms with van der Waals surface area (Å²) in [7, 11) is 0. The molecule has 1 saturated heterocycles. The van der Waals surface area contributed by atoms with E-state index in [4.69, 9.17) is 33.9 Å². The number of aryl methyl sites for hydroxylation is 3. The van der Waals surface area contributed by atoms with Crippen LogP contribution in [0.4, 0.5) is 5.69 Å². The summed E-state index contributed by atoms with van der Waals surface area (Å²) >= 11 is 12.3. The number of guanidine groups is 1. The van der Waals surface area contributed by atoms with Crippen LogP contribution in [0.25, 0.3) is 10.9 Å². The summed E-state index contributed by atoms with van der Waals surface area (Å²) in [6, 6.07) is 21.8. The number of benzene rings is 3. The molecular weight excluding hydrogens is 531 g/mol. The minimum Gasteiger partial charge on any atom is -0.369 e. The fraction of sp³-hybridized carbons (Fsp3) is 0.300. The van der Waals surface area contributed by atoms with Crippen molar-refractivity contribution in [1.29, 1.82) is 0 Å². The molecular formula is C30H32Cl2N6O. The minimum atomic E-state index is -0.106. The standard InChI is InChI=1S/C30H32Cl2N6O/c1-20-28(12-7-21-5-3-2-4-6-21)38(16-14-34-20)30(33)36-24-10-11-25-27(18-24)35-19-37(29(25)39)15-13-22-8-9-23(31)17-26(22)32/h2-6,8-11,17-20,28,34H,7,12-16H2,1H3,(H2,33,36)/t20-,28?/m1/s1. The molecule has 0 bridgehead atoms. The summed E-state index contributed by atoms with van der Waals surface area (Å²) in [5, 5.41) is 5.28. The average molecular weight is 564 g/mol. The number of piperazine rings is 1. The van der Waals surface area contributed by atoms with Crippen LogP contribution < -0.4 is 16.6 Å². The Morgan fingerprint density at radius 1 is 1.10 bits per heavy atom. The van der Waals surface area contributed by atoms with Crippen molar-refractivity contribution in [3.05, 3.63) is 105 Å². The van der Waals surface area contributed by atoms with E-state index in [1.807, 2.05) is 24.3 Å². The van der Waals surface area contributed by atoms with Gasteiger partial charge in [0.25, 0.3) is 5.56 Å². The van der Waals surface area contributed by atoms with Gasteiger partial charge in [-0.15, -0.1) is 0 Å². The predicted molar refractivity (Wildman–Crippen MR) is 160 cm³/mol. The van der Waals surface area contributed by atoms with E-state index in [1.165, 1.54) is 5.56 Å². The summed E-state index contributed by atoms with van der Waals surface area (Å²) in [4.78, 5) is 24.6. The van der Waals surface area contributed by atoms with Gasteiger partial charge in [-0.1, -0.05) is 59.6 Å². The molecule has 3 aromatic carbocycles. The van der Waals surface area contributed by atoms with E-state index < -0.39 is 0 Å². The molecule has 0 saturated carbocycles. The number of fused-ring (bicyclic) bond motifs is 1. The second-order valence-electron chi connectivity index (χ2n) is 9.93. The molecule has 0 radical (unpaired) electrons. The summed E-state index contributed by atoms with van der Waals surface area (Å²) in [6.45, 7) is 4.29. The quantitative estimate of drug-likeness (QED) is 0.239. The SMILES string of the molecule is C[C@H]1NCCN(C(N)=Nc2ccc3c(=O)n(CCc4ccc(Cl)cc4Cl)cnc3c2)C1CCc1ccccc1. The van der Waals surface area contributed by atoms with Crippen LogP contribution in [0.3, 0.4) is 0 Å². The fourth-order valence-corrected chi connectivity index (χ4v) is 5.67. The molecule has 39 heavy (non-hydrogen) atoms. The largest absolute Gasteiger partial charge is 0.369 e. The number of halogens is 2. The van der Waals surface area contributed by atoms with Crippen molar-refractivity contribution in [3.63, 3.8) is 0 Å². The summed E-state index contributed by atoms with van der Waals surface area (Å²) in [5.41, 5.74) is 9.95. The molecule has 1 aromatic heterocycles. The number of nitrogens with one attached hydrogen (secondary N) is 1. The van der Waals surface area contributed by atoms with Gasteiger partial charge in [-0.25, -0.2) is 9.98 Å². The summed E-state index contributed by atoms with van der Waals surface area (Å²) < 4.78 is 1.60. The monoisotopic (exact) mass is 562 g/mol. The topological polar surface area (TPSA) is 88.5 Å². The van der Waals surface area contributed by atoms with Crippen LogP contribution in [-0.4, -0.2) is 45.6 Å². The number of hydrogen-bond donors (Lipinski definition) is 2. The summed E-state index contributed by atoms with van der Waals surface area (Å²) in [5.74, 6) is 0.481. The zero-order valence-electron chi connectivity index (χ0n) is 21.9. The first-order valence-corrected chi connectivity index (χ1v) is 14.0. The van der Waals surface area contributed by atoms with Gasteiger partial charge in [0.05, 0.1) is 22.9 Å². The number of rotatable bonds is 7. The van der Waals surface area contributed by atoms with Crippen LogP contribution in [0.2, 0.25) is 10.0 Å². The van der Waals surface area contributed by atoms with Crippen LogP contribution in [-0.2, 0) is 19.4 Å². The van der Waals surface area contributed by atoms with Crippen molar-refractivity contribution in [3.8, 4) is 0 Å². The third kappa shape index (κ3) is 6.44. The Bertz CT molecular complexity index is 1540. The molecule has 0 spiro atoms. The van der Waals surface area contributed by atoms with Gasteiger partial charge in [-0.3, -0.25) is 9.36 Å². The van der Waals surface area contributed by atoms with Crippen LogP contribution in [0.1, 0.15) is 24.5 Å². The van der Waals surface area contributed by atoms with Gasteiger partial charge < -0.3 is 16.0 Å². The van der Waals surface area contributed by atoms with E-state index in [9.17, 15) is 4.79 Å². The van der Waals surface area contributed by atoms with Crippen molar-refractivity contribution < 1.29 is 0 Å². The van der Waals surface area contributed by atoms with Gasteiger partial charge in [-0.05, 0) is 67.6 Å². The normalized spacial score (nSPS) is 18.0. The Kier molecular flexibility index (Phi) is 8.50. The van der Waals surface area contributed by atoms with E-state index in [0.29, 0.717) is 45.6 Å². The molecule has 1 fully saturated rings. The highest BCUT2D eigenvalue weighted by Crippen LogP contribution is 2.23. The molecule has 0 amide bonds. The Balaban J connectivity index is 1.32. The Morgan fingerprint density at radius 2 is 1.92 bits per heavy atom. The lowest BCUT2D eigenvalue weighted by Crippen LogP contribution is -2.60. The van der Waals surface area contributed by atoms with Crippen LogP contribution in [0.5, 0.6) is 0 Å². The van der Waals surface area contributed by atoms with E-state index in [0.717, 1.165) is 31.5 Å². The number of hydrogen-bond acceptors (Lipinski definition) is 4. The predicted octanol–water partition coefficient (Wildman–Crippen LogP) is 5.19. The summed E-state index contributed by atoms with van der Waals surface area (Å²) in [6.07, 6.45) is 4.10. The molecule has 2 atom stereocenters. The molecule has 202 valence electrons. The zero-order valence-corrected chi connectivity index (χ0v) is 23.4. The number of aromatic nitrogens is 2. The van der Waals surface area contributed by atoms with Crippen LogP contribution >= 0.6 is 23.2 Å². The van der Waals surface area contributed by atoms with Crippen molar-refractivity contribution >= 4 is 45.8 Å². The number of nitrogens with zero attached hydrogens (tertiary/aromatic N) is 4. The second-order valence-corrected chi connectivity index (χ2v) is 10.8. The van der Waals surface area contributed by atoms with E-state index in [2.05, 4.69) is 46.4 Å². The van der Waals surface area contributed by atoms with Gasteiger partial charge in [0.15, 0.2) is 5.96 Å². The Labute approximate surface area is 238 Å². The Morgan fingerprint density at radius 3 is 2.72 bits per heavy atom. The molecule has 1 aliphatic heterocycles. The van der Waals surface area contributed by atoms with E-state index in [1.54, 1.807) is 29.1 Å². The first-order chi connectivity index (χ1) is 18.9.